The van der Waals surface area contributed by atoms with Crippen LogP contribution >= 0.6 is 11.3 Å². The number of sulfonamides is 1. The summed E-state index contributed by atoms with van der Waals surface area (Å²) >= 11 is 1.46. The Balaban J connectivity index is 1.96. The third-order valence-electron chi connectivity index (χ3n) is 3.07. The summed E-state index contributed by atoms with van der Waals surface area (Å²) in [5.74, 6) is -0.316. The van der Waals surface area contributed by atoms with E-state index < -0.39 is 10.0 Å². The number of hydrogen-bond donors (Lipinski definition) is 0. The first kappa shape index (κ1) is 15.2. The second-order valence-corrected chi connectivity index (χ2v) is 7.34. The van der Waals surface area contributed by atoms with E-state index in [4.69, 9.17) is 0 Å². The summed E-state index contributed by atoms with van der Waals surface area (Å²) in [6.45, 7) is 2.14. The molecule has 0 saturated carbocycles. The number of piperazine rings is 1. The molecule has 0 amide bonds. The summed E-state index contributed by atoms with van der Waals surface area (Å²) in [6.07, 6.45) is 1.39. The molecular formula is C11H17N3O4S2. The fourth-order valence-electron chi connectivity index (χ4n) is 1.95. The van der Waals surface area contributed by atoms with Crippen LogP contribution in [0.1, 0.15) is 5.69 Å². The highest BCUT2D eigenvalue weighted by atomic mass is 32.2. The molecule has 0 unspecified atom stereocenters. The number of rotatable bonds is 4. The van der Waals surface area contributed by atoms with Gasteiger partial charge in [-0.2, -0.15) is 4.31 Å². The van der Waals surface area contributed by atoms with Crippen molar-refractivity contribution in [3.63, 3.8) is 0 Å². The molecule has 9 heteroatoms. The van der Waals surface area contributed by atoms with Crippen molar-refractivity contribution in [1.82, 2.24) is 9.29 Å². The van der Waals surface area contributed by atoms with Crippen molar-refractivity contribution in [2.75, 3.05) is 44.4 Å². The first-order valence-corrected chi connectivity index (χ1v) is 8.84. The molecule has 7 nitrogen and oxygen atoms in total. The molecule has 0 atom stereocenters. The number of ether oxygens (including phenoxy) is 1. The van der Waals surface area contributed by atoms with Crippen molar-refractivity contribution in [1.29, 1.82) is 0 Å². The van der Waals surface area contributed by atoms with Crippen LogP contribution in [0.2, 0.25) is 0 Å². The van der Waals surface area contributed by atoms with Gasteiger partial charge in [0.25, 0.3) is 0 Å². The number of methoxy groups -OCH3 is 1. The maximum atomic E-state index is 11.4. The SMILES string of the molecule is COC(=O)Cc1csc(N2CCN(S(C)(=O)=O)CC2)n1. The number of carbonyl (C=O) groups is 1. The molecule has 0 aliphatic carbocycles. The summed E-state index contributed by atoms with van der Waals surface area (Å²) in [5.41, 5.74) is 0.683. The summed E-state index contributed by atoms with van der Waals surface area (Å²) < 4.78 is 28.9. The number of esters is 1. The van der Waals surface area contributed by atoms with E-state index >= 15 is 0 Å². The summed E-state index contributed by atoms with van der Waals surface area (Å²) in [5, 5.41) is 2.65. The molecule has 2 heterocycles. The van der Waals surface area contributed by atoms with Crippen LogP contribution in [0.3, 0.4) is 0 Å². The van der Waals surface area contributed by atoms with Crippen LogP contribution in [0.4, 0.5) is 5.13 Å². The average molecular weight is 319 g/mol. The maximum absolute atomic E-state index is 11.4. The Kier molecular flexibility index (Phi) is 4.61. The van der Waals surface area contributed by atoms with E-state index in [0.29, 0.717) is 31.9 Å². The molecule has 0 bridgehead atoms. The second kappa shape index (κ2) is 6.06. The molecule has 112 valence electrons. The van der Waals surface area contributed by atoms with Gasteiger partial charge in [0.15, 0.2) is 5.13 Å². The van der Waals surface area contributed by atoms with Gasteiger partial charge in [0, 0.05) is 31.6 Å². The van der Waals surface area contributed by atoms with Gasteiger partial charge < -0.3 is 9.64 Å². The Morgan fingerprint density at radius 1 is 1.40 bits per heavy atom. The van der Waals surface area contributed by atoms with Crippen molar-refractivity contribution in [3.05, 3.63) is 11.1 Å². The Labute approximate surface area is 122 Å². The molecule has 0 N–H and O–H groups in total. The normalized spacial score (nSPS) is 17.2. The molecule has 1 saturated heterocycles. The van der Waals surface area contributed by atoms with Crippen molar-refractivity contribution < 1.29 is 17.9 Å². The predicted molar refractivity (Wildman–Crippen MR) is 76.5 cm³/mol. The molecule has 1 aliphatic heterocycles. The molecule has 0 spiro atoms. The minimum absolute atomic E-state index is 0.163. The van der Waals surface area contributed by atoms with Crippen molar-refractivity contribution in [3.8, 4) is 0 Å². The molecule has 1 fully saturated rings. The molecular weight excluding hydrogens is 302 g/mol. The number of hydrogen-bond acceptors (Lipinski definition) is 7. The molecule has 0 aromatic carbocycles. The smallest absolute Gasteiger partial charge is 0.311 e. The lowest BCUT2D eigenvalue weighted by Gasteiger charge is -2.32. The summed E-state index contributed by atoms with van der Waals surface area (Å²) in [7, 11) is -1.77. The number of thiazole rings is 1. The quantitative estimate of drug-likeness (QED) is 0.724. The highest BCUT2D eigenvalue weighted by Gasteiger charge is 2.24. The van der Waals surface area contributed by atoms with E-state index in [1.54, 1.807) is 0 Å². The molecule has 2 rings (SSSR count). The van der Waals surface area contributed by atoms with Crippen LogP contribution in [0.15, 0.2) is 5.38 Å². The third kappa shape index (κ3) is 3.68. The van der Waals surface area contributed by atoms with Gasteiger partial charge in [-0.05, 0) is 0 Å². The number of carbonyl (C=O) groups excluding carboxylic acids is 1. The standard InChI is InChI=1S/C11H17N3O4S2/c1-18-10(15)7-9-8-19-11(12-9)13-3-5-14(6-4-13)20(2,16)17/h8H,3-7H2,1-2H3. The zero-order valence-corrected chi connectivity index (χ0v) is 13.0. The van der Waals surface area contributed by atoms with E-state index in [2.05, 4.69) is 9.72 Å². The van der Waals surface area contributed by atoms with Crippen LogP contribution in [-0.2, 0) is 26.0 Å². The Morgan fingerprint density at radius 3 is 2.60 bits per heavy atom. The maximum Gasteiger partial charge on any atom is 0.311 e. The van der Waals surface area contributed by atoms with Crippen LogP contribution in [0, 0.1) is 0 Å². The first-order chi connectivity index (χ1) is 9.40. The largest absolute Gasteiger partial charge is 0.469 e. The van der Waals surface area contributed by atoms with E-state index in [9.17, 15) is 13.2 Å². The molecule has 0 radical (unpaired) electrons. The molecule has 20 heavy (non-hydrogen) atoms. The lowest BCUT2D eigenvalue weighted by Crippen LogP contribution is -2.48. The lowest BCUT2D eigenvalue weighted by atomic mass is 10.3. The van der Waals surface area contributed by atoms with Crippen LogP contribution in [0.5, 0.6) is 0 Å². The van der Waals surface area contributed by atoms with Crippen molar-refractivity contribution >= 4 is 32.5 Å². The number of nitrogens with zero attached hydrogens (tertiary/aromatic N) is 3. The summed E-state index contributed by atoms with van der Waals surface area (Å²) in [6, 6.07) is 0. The predicted octanol–water partition coefficient (Wildman–Crippen LogP) is -0.0598. The van der Waals surface area contributed by atoms with Gasteiger partial charge in [0.2, 0.25) is 10.0 Å². The monoisotopic (exact) mass is 319 g/mol. The minimum atomic E-state index is -3.12. The van der Waals surface area contributed by atoms with E-state index in [1.165, 1.54) is 29.0 Å². The van der Waals surface area contributed by atoms with Gasteiger partial charge in [-0.25, -0.2) is 13.4 Å². The number of anilines is 1. The van der Waals surface area contributed by atoms with Crippen LogP contribution in [0.25, 0.3) is 0 Å². The van der Waals surface area contributed by atoms with Crippen LogP contribution < -0.4 is 4.90 Å². The van der Waals surface area contributed by atoms with E-state index in [0.717, 1.165) is 5.13 Å². The fourth-order valence-corrected chi connectivity index (χ4v) is 3.66. The van der Waals surface area contributed by atoms with E-state index in [-0.39, 0.29) is 12.4 Å². The molecule has 1 aromatic heterocycles. The molecule has 1 aliphatic rings. The lowest BCUT2D eigenvalue weighted by molar-refractivity contribution is -0.139. The Bertz CT molecular complexity index is 576. The van der Waals surface area contributed by atoms with Crippen LogP contribution in [-0.4, -0.2) is 63.2 Å². The topological polar surface area (TPSA) is 79.8 Å². The summed E-state index contributed by atoms with van der Waals surface area (Å²) in [4.78, 5) is 17.6. The zero-order chi connectivity index (χ0) is 14.8. The highest BCUT2D eigenvalue weighted by molar-refractivity contribution is 7.88. The Morgan fingerprint density at radius 2 is 2.05 bits per heavy atom. The Hall–Kier alpha value is -1.19. The second-order valence-electron chi connectivity index (χ2n) is 4.52. The minimum Gasteiger partial charge on any atom is -0.469 e. The molecule has 1 aromatic rings. The van der Waals surface area contributed by atoms with E-state index in [1.807, 2.05) is 10.3 Å². The zero-order valence-electron chi connectivity index (χ0n) is 11.4. The third-order valence-corrected chi connectivity index (χ3v) is 5.32. The van der Waals surface area contributed by atoms with Crippen molar-refractivity contribution in [2.24, 2.45) is 0 Å². The van der Waals surface area contributed by atoms with Gasteiger partial charge in [-0.3, -0.25) is 4.79 Å². The van der Waals surface area contributed by atoms with Gasteiger partial charge in [0.1, 0.15) is 0 Å². The highest BCUT2D eigenvalue weighted by Crippen LogP contribution is 2.22. The van der Waals surface area contributed by atoms with Gasteiger partial charge in [-0.15, -0.1) is 11.3 Å². The van der Waals surface area contributed by atoms with Crippen molar-refractivity contribution in [2.45, 2.75) is 6.42 Å². The fraction of sp³-hybridized carbons (Fsp3) is 0.636. The van der Waals surface area contributed by atoms with Gasteiger partial charge in [-0.1, -0.05) is 0 Å². The first-order valence-electron chi connectivity index (χ1n) is 6.11. The number of aromatic nitrogens is 1. The average Bonchev–Trinajstić information content (AvgIpc) is 2.86. The van der Waals surface area contributed by atoms with Gasteiger partial charge >= 0.3 is 5.97 Å². The van der Waals surface area contributed by atoms with Gasteiger partial charge in [0.05, 0.1) is 25.5 Å².